The molecule has 2 N–H and O–H groups in total. The average Bonchev–Trinajstić information content (AvgIpc) is 2.78. The molecule has 0 aromatic heterocycles. The first-order valence-electron chi connectivity index (χ1n) is 6.58. The van der Waals surface area contributed by atoms with Crippen molar-refractivity contribution >= 4 is 29.8 Å². The van der Waals surface area contributed by atoms with Crippen molar-refractivity contribution in [2.24, 2.45) is 0 Å². The number of hydrogen-bond donors (Lipinski definition) is 2. The standard InChI is InChI=1S/C14H13N3O4/c18-7-15-10-3-1-2-8-9(10)6-17(14(8)21)11-4-5-12(19)16-13(11)20/h1-3,7,11H,4-6H2,(H,15,18)(H,16,19,20). The molecule has 0 bridgehead atoms. The zero-order valence-electron chi connectivity index (χ0n) is 11.1. The van der Waals surface area contributed by atoms with Gasteiger partial charge in [0.25, 0.3) is 5.91 Å². The van der Waals surface area contributed by atoms with E-state index in [1.807, 2.05) is 0 Å². The Kier molecular flexibility index (Phi) is 3.17. The summed E-state index contributed by atoms with van der Waals surface area (Å²) in [6.45, 7) is 0.247. The van der Waals surface area contributed by atoms with E-state index >= 15 is 0 Å². The number of piperidine rings is 1. The quantitative estimate of drug-likeness (QED) is 0.605. The van der Waals surface area contributed by atoms with Crippen LogP contribution in [-0.4, -0.2) is 35.1 Å². The maximum absolute atomic E-state index is 12.4. The summed E-state index contributed by atoms with van der Waals surface area (Å²) < 4.78 is 0. The summed E-state index contributed by atoms with van der Waals surface area (Å²) >= 11 is 0. The first-order valence-corrected chi connectivity index (χ1v) is 6.58. The highest BCUT2D eigenvalue weighted by Crippen LogP contribution is 2.31. The molecule has 0 saturated carbocycles. The lowest BCUT2D eigenvalue weighted by Gasteiger charge is -2.29. The van der Waals surface area contributed by atoms with E-state index in [1.54, 1.807) is 18.2 Å². The van der Waals surface area contributed by atoms with Gasteiger partial charge in [-0.3, -0.25) is 24.5 Å². The Labute approximate surface area is 120 Å². The summed E-state index contributed by atoms with van der Waals surface area (Å²) in [5, 5.41) is 4.81. The molecule has 7 heteroatoms. The monoisotopic (exact) mass is 287 g/mol. The van der Waals surface area contributed by atoms with Gasteiger partial charge in [-0.25, -0.2) is 0 Å². The number of hydrogen-bond acceptors (Lipinski definition) is 4. The van der Waals surface area contributed by atoms with E-state index in [4.69, 9.17) is 0 Å². The highest BCUT2D eigenvalue weighted by molar-refractivity contribution is 6.06. The van der Waals surface area contributed by atoms with Crippen LogP contribution in [0.2, 0.25) is 0 Å². The fourth-order valence-corrected chi connectivity index (χ4v) is 2.78. The average molecular weight is 287 g/mol. The van der Waals surface area contributed by atoms with Crippen molar-refractivity contribution in [2.75, 3.05) is 5.32 Å². The number of nitrogens with one attached hydrogen (secondary N) is 2. The molecule has 1 fully saturated rings. The van der Waals surface area contributed by atoms with Gasteiger partial charge in [0, 0.05) is 29.8 Å². The van der Waals surface area contributed by atoms with Crippen LogP contribution in [0.25, 0.3) is 0 Å². The van der Waals surface area contributed by atoms with E-state index < -0.39 is 11.9 Å². The molecule has 108 valence electrons. The Morgan fingerprint density at radius 3 is 2.81 bits per heavy atom. The van der Waals surface area contributed by atoms with E-state index in [2.05, 4.69) is 10.6 Å². The number of amides is 4. The van der Waals surface area contributed by atoms with E-state index in [0.717, 1.165) is 0 Å². The Morgan fingerprint density at radius 1 is 1.29 bits per heavy atom. The van der Waals surface area contributed by atoms with Crippen molar-refractivity contribution in [3.63, 3.8) is 0 Å². The maximum Gasteiger partial charge on any atom is 0.255 e. The minimum absolute atomic E-state index is 0.218. The Hall–Kier alpha value is -2.70. The molecule has 1 aromatic carbocycles. The third-order valence-electron chi connectivity index (χ3n) is 3.80. The van der Waals surface area contributed by atoms with Gasteiger partial charge in [0.1, 0.15) is 6.04 Å². The lowest BCUT2D eigenvalue weighted by Crippen LogP contribution is -2.52. The summed E-state index contributed by atoms with van der Waals surface area (Å²) in [4.78, 5) is 47.6. The molecule has 7 nitrogen and oxygen atoms in total. The largest absolute Gasteiger partial charge is 0.328 e. The lowest BCUT2D eigenvalue weighted by molar-refractivity contribution is -0.136. The van der Waals surface area contributed by atoms with Gasteiger partial charge in [-0.05, 0) is 18.6 Å². The third-order valence-corrected chi connectivity index (χ3v) is 3.80. The van der Waals surface area contributed by atoms with E-state index in [0.29, 0.717) is 29.6 Å². The van der Waals surface area contributed by atoms with Crippen LogP contribution in [-0.2, 0) is 20.9 Å². The maximum atomic E-state index is 12.4. The predicted octanol–water partition coefficient (Wildman–Crippen LogP) is 0.0159. The molecule has 2 aliphatic heterocycles. The van der Waals surface area contributed by atoms with Crippen molar-refractivity contribution in [2.45, 2.75) is 25.4 Å². The summed E-state index contributed by atoms with van der Waals surface area (Å²) in [6, 6.07) is 4.40. The molecule has 21 heavy (non-hydrogen) atoms. The van der Waals surface area contributed by atoms with Crippen LogP contribution in [0, 0.1) is 0 Å². The number of carbonyl (C=O) groups is 4. The highest BCUT2D eigenvalue weighted by atomic mass is 16.2. The van der Waals surface area contributed by atoms with Crippen LogP contribution in [0.3, 0.4) is 0 Å². The van der Waals surface area contributed by atoms with Crippen LogP contribution >= 0.6 is 0 Å². The van der Waals surface area contributed by atoms with E-state index in [1.165, 1.54) is 4.90 Å². The number of benzene rings is 1. The third kappa shape index (κ3) is 2.16. The number of carbonyl (C=O) groups excluding carboxylic acids is 4. The Bertz CT molecular complexity index is 656. The van der Waals surface area contributed by atoms with Crippen molar-refractivity contribution in [3.05, 3.63) is 29.3 Å². The van der Waals surface area contributed by atoms with Crippen LogP contribution in [0.4, 0.5) is 5.69 Å². The van der Waals surface area contributed by atoms with Crippen molar-refractivity contribution in [3.8, 4) is 0 Å². The van der Waals surface area contributed by atoms with E-state index in [9.17, 15) is 19.2 Å². The second kappa shape index (κ2) is 5.01. The van der Waals surface area contributed by atoms with Crippen LogP contribution in [0.15, 0.2) is 18.2 Å². The fraction of sp³-hybridized carbons (Fsp3) is 0.286. The van der Waals surface area contributed by atoms with Crippen LogP contribution < -0.4 is 10.6 Å². The van der Waals surface area contributed by atoms with Crippen molar-refractivity contribution in [1.29, 1.82) is 0 Å². The first-order chi connectivity index (χ1) is 10.1. The molecule has 1 saturated heterocycles. The second-order valence-electron chi connectivity index (χ2n) is 4.99. The molecular formula is C14H13N3O4. The van der Waals surface area contributed by atoms with Gasteiger partial charge in [-0.15, -0.1) is 0 Å². The second-order valence-corrected chi connectivity index (χ2v) is 4.99. The zero-order valence-corrected chi connectivity index (χ0v) is 11.1. The summed E-state index contributed by atoms with van der Waals surface area (Å²) in [5.74, 6) is -1.02. The topological polar surface area (TPSA) is 95.6 Å². The van der Waals surface area contributed by atoms with Gasteiger partial charge in [0.05, 0.1) is 0 Å². The number of rotatable bonds is 3. The van der Waals surface area contributed by atoms with Crippen molar-refractivity contribution < 1.29 is 19.2 Å². The normalized spacial score (nSPS) is 21.0. The van der Waals surface area contributed by atoms with Crippen LogP contribution in [0.5, 0.6) is 0 Å². The Morgan fingerprint density at radius 2 is 2.10 bits per heavy atom. The summed E-state index contributed by atoms with van der Waals surface area (Å²) in [5.41, 5.74) is 1.73. The predicted molar refractivity (Wildman–Crippen MR) is 72.2 cm³/mol. The van der Waals surface area contributed by atoms with Crippen LogP contribution in [0.1, 0.15) is 28.8 Å². The smallest absolute Gasteiger partial charge is 0.255 e. The number of anilines is 1. The summed E-state index contributed by atoms with van der Waals surface area (Å²) in [7, 11) is 0. The minimum Gasteiger partial charge on any atom is -0.328 e. The molecule has 2 heterocycles. The molecule has 0 spiro atoms. The Balaban J connectivity index is 1.90. The molecular weight excluding hydrogens is 274 g/mol. The molecule has 1 atom stereocenters. The summed E-state index contributed by atoms with van der Waals surface area (Å²) in [6.07, 6.45) is 1.09. The number of fused-ring (bicyclic) bond motifs is 1. The molecule has 1 aromatic rings. The first kappa shape index (κ1) is 13.3. The minimum atomic E-state index is -0.647. The molecule has 1 unspecified atom stereocenters. The van der Waals surface area contributed by atoms with Gasteiger partial charge >= 0.3 is 0 Å². The van der Waals surface area contributed by atoms with Gasteiger partial charge in [0.2, 0.25) is 18.2 Å². The molecule has 0 aliphatic carbocycles. The number of imide groups is 1. The SMILES string of the molecule is O=CNc1cccc2c1CN(C1CCC(=O)NC1=O)C2=O. The molecule has 4 amide bonds. The molecule has 0 radical (unpaired) electrons. The lowest BCUT2D eigenvalue weighted by atomic mass is 10.0. The van der Waals surface area contributed by atoms with Crippen molar-refractivity contribution in [1.82, 2.24) is 10.2 Å². The van der Waals surface area contributed by atoms with Gasteiger partial charge in [0.15, 0.2) is 0 Å². The highest BCUT2D eigenvalue weighted by Gasteiger charge is 2.39. The molecule has 3 rings (SSSR count). The van der Waals surface area contributed by atoms with Gasteiger partial charge < -0.3 is 10.2 Å². The number of nitrogens with zero attached hydrogens (tertiary/aromatic N) is 1. The zero-order chi connectivity index (χ0) is 15.0. The van der Waals surface area contributed by atoms with E-state index in [-0.39, 0.29) is 24.8 Å². The molecule has 2 aliphatic rings. The van der Waals surface area contributed by atoms with Gasteiger partial charge in [-0.1, -0.05) is 6.07 Å². The van der Waals surface area contributed by atoms with Gasteiger partial charge in [-0.2, -0.15) is 0 Å². The fourth-order valence-electron chi connectivity index (χ4n) is 2.78.